The van der Waals surface area contributed by atoms with E-state index in [4.69, 9.17) is 16.1 Å². The van der Waals surface area contributed by atoms with Gasteiger partial charge in [0.2, 0.25) is 0 Å². The molecule has 6 nitrogen and oxygen atoms in total. The highest BCUT2D eigenvalue weighted by atomic mass is 32.1. The Morgan fingerprint density at radius 2 is 2.07 bits per heavy atom. The highest BCUT2D eigenvalue weighted by molar-refractivity contribution is 7.18. The Hall–Kier alpha value is -1.72. The number of H-pyrrole nitrogens is 1. The van der Waals surface area contributed by atoms with E-state index in [1.165, 1.54) is 36.1 Å². The van der Waals surface area contributed by atoms with Crippen LogP contribution < -0.4 is 5.56 Å². The summed E-state index contributed by atoms with van der Waals surface area (Å²) >= 11 is 1.68. The van der Waals surface area contributed by atoms with Crippen LogP contribution in [0.25, 0.3) is 10.2 Å². The molecule has 2 aromatic rings. The Labute approximate surface area is 181 Å². The Bertz CT molecular complexity index is 955. The molecule has 2 N–H and O–H groups in total. The van der Waals surface area contributed by atoms with Gasteiger partial charge in [0.15, 0.2) is 0 Å². The average Bonchev–Trinajstić information content (AvgIpc) is 3.13. The summed E-state index contributed by atoms with van der Waals surface area (Å²) in [5.74, 6) is 3.12. The van der Waals surface area contributed by atoms with Gasteiger partial charge in [-0.25, -0.2) is 4.98 Å². The molecular weight excluding hydrogens is 398 g/mol. The second-order valence-electron chi connectivity index (χ2n) is 8.50. The molecule has 0 spiro atoms. The summed E-state index contributed by atoms with van der Waals surface area (Å²) in [5.41, 5.74) is 1.20. The molecule has 2 aliphatic carbocycles. The molecule has 30 heavy (non-hydrogen) atoms. The van der Waals surface area contributed by atoms with Gasteiger partial charge in [-0.2, -0.15) is 0 Å². The third-order valence-electron chi connectivity index (χ3n) is 6.26. The molecule has 1 saturated carbocycles. The van der Waals surface area contributed by atoms with Gasteiger partial charge in [0.25, 0.3) is 5.56 Å². The lowest BCUT2D eigenvalue weighted by molar-refractivity contribution is 0.00995. The number of hydrogen-bond donors (Lipinski definition) is 2. The van der Waals surface area contributed by atoms with Crippen molar-refractivity contribution in [3.8, 4) is 12.3 Å². The molecule has 1 unspecified atom stereocenters. The molecule has 0 amide bonds. The summed E-state index contributed by atoms with van der Waals surface area (Å²) < 4.78 is 5.32. The van der Waals surface area contributed by atoms with E-state index >= 15 is 0 Å². The zero-order valence-electron chi connectivity index (χ0n) is 17.5. The first kappa shape index (κ1) is 21.5. The van der Waals surface area contributed by atoms with Gasteiger partial charge in [-0.15, -0.1) is 17.8 Å². The van der Waals surface area contributed by atoms with Crippen molar-refractivity contribution in [2.24, 2.45) is 0 Å². The minimum atomic E-state index is -0.621. The van der Waals surface area contributed by atoms with Crippen molar-refractivity contribution >= 4 is 21.6 Å². The minimum Gasteiger partial charge on any atom is -0.389 e. The van der Waals surface area contributed by atoms with Crippen LogP contribution in [0, 0.1) is 12.3 Å². The highest BCUT2D eigenvalue weighted by Crippen LogP contribution is 2.33. The van der Waals surface area contributed by atoms with Crippen LogP contribution in [0.2, 0.25) is 0 Å². The first-order valence-electron chi connectivity index (χ1n) is 11.1. The van der Waals surface area contributed by atoms with E-state index in [1.807, 2.05) is 0 Å². The lowest BCUT2D eigenvalue weighted by Crippen LogP contribution is -2.43. The monoisotopic (exact) mass is 429 g/mol. The van der Waals surface area contributed by atoms with Crippen LogP contribution in [0.5, 0.6) is 0 Å². The fourth-order valence-electron chi connectivity index (χ4n) is 4.84. The van der Waals surface area contributed by atoms with Crippen LogP contribution in [0.1, 0.15) is 61.2 Å². The largest absolute Gasteiger partial charge is 0.389 e. The number of hydrogen-bond acceptors (Lipinski definition) is 6. The maximum absolute atomic E-state index is 12.9. The fourth-order valence-corrected chi connectivity index (χ4v) is 6.12. The molecule has 2 aliphatic rings. The van der Waals surface area contributed by atoms with Gasteiger partial charge in [-0.1, -0.05) is 25.2 Å². The number of rotatable bonds is 8. The standard InChI is InChI=1S/C23H31N3O3S/c1-2-12-29-15-17(27)13-26(16-8-4-3-5-9-16)14-20-24-22(28)21-18-10-6-7-11-19(18)30-23(21)25-20/h1,16-17,27H,3-15H2,(H,24,25,28). The van der Waals surface area contributed by atoms with Crippen LogP contribution in [-0.4, -0.2) is 51.9 Å². The molecule has 2 aromatic heterocycles. The van der Waals surface area contributed by atoms with E-state index in [9.17, 15) is 9.90 Å². The van der Waals surface area contributed by atoms with E-state index < -0.39 is 6.10 Å². The molecule has 7 heteroatoms. The number of aromatic nitrogens is 2. The van der Waals surface area contributed by atoms with Crippen LogP contribution in [0.4, 0.5) is 0 Å². The number of aliphatic hydroxyl groups is 1. The second-order valence-corrected chi connectivity index (χ2v) is 9.58. The zero-order valence-corrected chi connectivity index (χ0v) is 18.3. The molecule has 0 radical (unpaired) electrons. The molecule has 0 bridgehead atoms. The first-order chi connectivity index (χ1) is 14.7. The molecule has 2 heterocycles. The predicted molar refractivity (Wildman–Crippen MR) is 120 cm³/mol. The Morgan fingerprint density at radius 1 is 1.27 bits per heavy atom. The van der Waals surface area contributed by atoms with Crippen molar-refractivity contribution in [1.82, 2.24) is 14.9 Å². The van der Waals surface area contributed by atoms with Gasteiger partial charge in [-0.05, 0) is 44.1 Å². The molecule has 162 valence electrons. The van der Waals surface area contributed by atoms with Crippen molar-refractivity contribution in [3.05, 3.63) is 26.6 Å². The lowest BCUT2D eigenvalue weighted by Gasteiger charge is -2.35. The van der Waals surface area contributed by atoms with Crippen molar-refractivity contribution in [3.63, 3.8) is 0 Å². The van der Waals surface area contributed by atoms with Gasteiger partial charge >= 0.3 is 0 Å². The summed E-state index contributed by atoms with van der Waals surface area (Å²) in [6.07, 6.45) is 14.9. The molecule has 1 atom stereocenters. The van der Waals surface area contributed by atoms with Crippen molar-refractivity contribution < 1.29 is 9.84 Å². The molecule has 4 rings (SSSR count). The maximum Gasteiger partial charge on any atom is 0.259 e. The highest BCUT2D eigenvalue weighted by Gasteiger charge is 2.25. The average molecular weight is 430 g/mol. The molecule has 1 fully saturated rings. The summed E-state index contributed by atoms with van der Waals surface area (Å²) in [4.78, 5) is 25.2. The molecule has 0 saturated heterocycles. The number of nitrogens with zero attached hydrogens (tertiary/aromatic N) is 2. The number of fused-ring (bicyclic) bond motifs is 3. The smallest absolute Gasteiger partial charge is 0.259 e. The predicted octanol–water partition coefficient (Wildman–Crippen LogP) is 3.01. The van der Waals surface area contributed by atoms with Crippen LogP contribution >= 0.6 is 11.3 Å². The summed E-state index contributed by atoms with van der Waals surface area (Å²) in [6.45, 7) is 1.44. The van der Waals surface area contributed by atoms with E-state index in [2.05, 4.69) is 15.8 Å². The number of thiophene rings is 1. The van der Waals surface area contributed by atoms with Gasteiger partial charge in [-0.3, -0.25) is 9.69 Å². The van der Waals surface area contributed by atoms with Gasteiger partial charge in [0.1, 0.15) is 17.3 Å². The third-order valence-corrected chi connectivity index (χ3v) is 7.44. The molecule has 0 aliphatic heterocycles. The molecular formula is C23H31N3O3S. The van der Waals surface area contributed by atoms with Crippen molar-refractivity contribution in [2.45, 2.75) is 76.5 Å². The quantitative estimate of drug-likeness (QED) is 0.498. The number of aliphatic hydroxyl groups excluding tert-OH is 1. The van der Waals surface area contributed by atoms with E-state index in [1.54, 1.807) is 11.3 Å². The number of nitrogens with one attached hydrogen (secondary N) is 1. The van der Waals surface area contributed by atoms with Gasteiger partial charge in [0, 0.05) is 17.5 Å². The number of aromatic amines is 1. The van der Waals surface area contributed by atoms with Crippen molar-refractivity contribution in [2.75, 3.05) is 19.8 Å². The second kappa shape index (κ2) is 10.1. The zero-order chi connectivity index (χ0) is 20.9. The third kappa shape index (κ3) is 4.94. The number of terminal acetylenes is 1. The SMILES string of the molecule is C#CCOCC(O)CN(Cc1nc2sc3c(c2c(=O)[nH]1)CCCC3)C1CCCCC1. The summed E-state index contributed by atoms with van der Waals surface area (Å²) in [7, 11) is 0. The van der Waals surface area contributed by atoms with Crippen LogP contribution in [0.15, 0.2) is 4.79 Å². The first-order valence-corrected chi connectivity index (χ1v) is 11.9. The minimum absolute atomic E-state index is 0.0177. The van der Waals surface area contributed by atoms with Crippen LogP contribution in [0.3, 0.4) is 0 Å². The number of aryl methyl sites for hydroxylation is 2. The van der Waals surface area contributed by atoms with Crippen LogP contribution in [-0.2, 0) is 24.1 Å². The molecule has 0 aromatic carbocycles. The Balaban J connectivity index is 1.54. The lowest BCUT2D eigenvalue weighted by atomic mass is 9.94. The van der Waals surface area contributed by atoms with E-state index in [-0.39, 0.29) is 18.8 Å². The van der Waals surface area contributed by atoms with Gasteiger partial charge < -0.3 is 14.8 Å². The Kier molecular flexibility index (Phi) is 7.21. The summed E-state index contributed by atoms with van der Waals surface area (Å²) in [5, 5.41) is 11.3. The normalized spacial score (nSPS) is 18.4. The van der Waals surface area contributed by atoms with Crippen molar-refractivity contribution in [1.29, 1.82) is 0 Å². The summed E-state index contributed by atoms with van der Waals surface area (Å²) in [6, 6.07) is 0.388. The maximum atomic E-state index is 12.9. The van der Waals surface area contributed by atoms with E-state index in [0.717, 1.165) is 42.3 Å². The fraction of sp³-hybridized carbons (Fsp3) is 0.652. The topological polar surface area (TPSA) is 78.5 Å². The number of ether oxygens (including phenoxy) is 1. The van der Waals surface area contributed by atoms with E-state index in [0.29, 0.717) is 25.0 Å². The Morgan fingerprint density at radius 3 is 2.87 bits per heavy atom. The van der Waals surface area contributed by atoms with Gasteiger partial charge in [0.05, 0.1) is 24.6 Å².